The summed E-state index contributed by atoms with van der Waals surface area (Å²) in [5.41, 5.74) is 4.26. The first-order valence-corrected chi connectivity index (χ1v) is 15.6. The quantitative estimate of drug-likeness (QED) is 0.270. The van der Waals surface area contributed by atoms with Crippen LogP contribution in [0.2, 0.25) is 0 Å². The van der Waals surface area contributed by atoms with Crippen molar-refractivity contribution in [1.29, 1.82) is 0 Å². The molecule has 0 atom stereocenters. The van der Waals surface area contributed by atoms with Crippen LogP contribution in [0, 0.1) is 6.92 Å². The van der Waals surface area contributed by atoms with Gasteiger partial charge >= 0.3 is 6.03 Å². The van der Waals surface area contributed by atoms with Gasteiger partial charge in [0.15, 0.2) is 0 Å². The highest BCUT2D eigenvalue weighted by Crippen LogP contribution is 2.33. The number of hydrogen-bond acceptors (Lipinski definition) is 3. The van der Waals surface area contributed by atoms with Gasteiger partial charge in [-0.2, -0.15) is 0 Å². The molecule has 1 fully saturated rings. The topological polar surface area (TPSA) is 52.7 Å². The van der Waals surface area contributed by atoms with E-state index in [0.717, 1.165) is 52.9 Å². The van der Waals surface area contributed by atoms with Crippen LogP contribution in [0.1, 0.15) is 98.1 Å². The van der Waals surface area contributed by atoms with Crippen molar-refractivity contribution < 1.29 is 9.59 Å². The lowest BCUT2D eigenvalue weighted by atomic mass is 9.92. The molecular formula is C34H45N3O2S. The second-order valence-corrected chi connectivity index (χ2v) is 13.1. The number of benzene rings is 2. The lowest BCUT2D eigenvalue weighted by molar-refractivity contribution is -0.133. The highest BCUT2D eigenvalue weighted by molar-refractivity contribution is 7.11. The summed E-state index contributed by atoms with van der Waals surface area (Å²) in [6, 6.07) is 20.5. The lowest BCUT2D eigenvalue weighted by Crippen LogP contribution is -2.49. The fraction of sp³-hybridized carbons (Fsp3) is 0.471. The molecule has 0 unspecified atom stereocenters. The minimum absolute atomic E-state index is 0.0168. The molecule has 0 radical (unpaired) electrons. The molecule has 40 heavy (non-hydrogen) atoms. The van der Waals surface area contributed by atoms with Crippen molar-refractivity contribution in [3.63, 3.8) is 0 Å². The number of amides is 3. The Morgan fingerprint density at radius 3 is 2.08 bits per heavy atom. The van der Waals surface area contributed by atoms with E-state index in [4.69, 9.17) is 0 Å². The summed E-state index contributed by atoms with van der Waals surface area (Å²) in [5.74, 6) is 0.528. The van der Waals surface area contributed by atoms with E-state index in [-0.39, 0.29) is 36.4 Å². The maximum Gasteiger partial charge on any atom is 0.322 e. The number of urea groups is 1. The summed E-state index contributed by atoms with van der Waals surface area (Å²) >= 11 is 1.72. The zero-order chi connectivity index (χ0) is 28.6. The van der Waals surface area contributed by atoms with Crippen molar-refractivity contribution in [2.75, 3.05) is 11.9 Å². The molecule has 1 aliphatic carbocycles. The van der Waals surface area contributed by atoms with Gasteiger partial charge in [0.05, 0.1) is 6.54 Å². The van der Waals surface area contributed by atoms with Crippen LogP contribution in [0.25, 0.3) is 0 Å². The van der Waals surface area contributed by atoms with Crippen LogP contribution in [0.3, 0.4) is 0 Å². The molecule has 0 aliphatic heterocycles. The first-order valence-electron chi connectivity index (χ1n) is 14.8. The number of carbonyl (C=O) groups excluding carboxylic acids is 2. The summed E-state index contributed by atoms with van der Waals surface area (Å²) in [4.78, 5) is 34.2. The third-order valence-electron chi connectivity index (χ3n) is 7.90. The van der Waals surface area contributed by atoms with Crippen molar-refractivity contribution >= 4 is 29.0 Å². The van der Waals surface area contributed by atoms with E-state index in [0.29, 0.717) is 13.1 Å². The monoisotopic (exact) mass is 559 g/mol. The van der Waals surface area contributed by atoms with Crippen molar-refractivity contribution in [3.8, 4) is 0 Å². The van der Waals surface area contributed by atoms with Crippen LogP contribution in [0.5, 0.6) is 0 Å². The summed E-state index contributed by atoms with van der Waals surface area (Å²) in [6.45, 7) is 11.9. The van der Waals surface area contributed by atoms with Gasteiger partial charge in [-0.3, -0.25) is 4.79 Å². The number of rotatable bonds is 10. The lowest BCUT2D eigenvalue weighted by Gasteiger charge is -2.36. The Balaban J connectivity index is 1.61. The van der Waals surface area contributed by atoms with Gasteiger partial charge in [0.1, 0.15) is 6.54 Å². The predicted octanol–water partition coefficient (Wildman–Crippen LogP) is 8.70. The molecule has 1 aromatic heterocycles. The molecule has 4 rings (SSSR count). The number of nitrogens with zero attached hydrogens (tertiary/aromatic N) is 2. The number of anilines is 1. The Bertz CT molecular complexity index is 1230. The number of nitrogens with one attached hydrogen (secondary N) is 1. The third kappa shape index (κ3) is 7.75. The van der Waals surface area contributed by atoms with Crippen molar-refractivity contribution in [1.82, 2.24) is 9.80 Å². The van der Waals surface area contributed by atoms with E-state index in [9.17, 15) is 9.59 Å². The summed E-state index contributed by atoms with van der Waals surface area (Å²) in [6.07, 6.45) is 5.24. The SMILES string of the molecule is Cc1ccc(CN(Cc2ccccc2)C(=O)CN(C(=O)Nc2c(C(C)C)cccc2C(C)C)C2CCCCC2)s1. The zero-order valence-electron chi connectivity index (χ0n) is 24.8. The van der Waals surface area contributed by atoms with E-state index in [2.05, 4.69) is 82.4 Å². The molecule has 5 nitrogen and oxygen atoms in total. The molecule has 214 valence electrons. The summed E-state index contributed by atoms with van der Waals surface area (Å²) in [7, 11) is 0. The average molecular weight is 560 g/mol. The van der Waals surface area contributed by atoms with Gasteiger partial charge in [0.2, 0.25) is 5.91 Å². The number of thiophene rings is 1. The molecule has 1 aliphatic rings. The molecular weight excluding hydrogens is 514 g/mol. The Morgan fingerprint density at radius 2 is 1.50 bits per heavy atom. The first kappa shape index (κ1) is 29.9. The number of carbonyl (C=O) groups is 2. The Kier molecular flexibility index (Phi) is 10.4. The normalized spacial score (nSPS) is 14.0. The van der Waals surface area contributed by atoms with Gasteiger partial charge in [-0.05, 0) is 60.4 Å². The van der Waals surface area contributed by atoms with Crippen molar-refractivity contribution in [3.05, 3.63) is 87.1 Å². The van der Waals surface area contributed by atoms with Crippen LogP contribution < -0.4 is 5.32 Å². The van der Waals surface area contributed by atoms with Gasteiger partial charge in [-0.1, -0.05) is 95.5 Å². The Labute approximate surface area is 244 Å². The number of hydrogen-bond donors (Lipinski definition) is 1. The summed E-state index contributed by atoms with van der Waals surface area (Å²) < 4.78 is 0. The highest BCUT2D eigenvalue weighted by Gasteiger charge is 2.30. The van der Waals surface area contributed by atoms with Crippen LogP contribution in [0.4, 0.5) is 10.5 Å². The van der Waals surface area contributed by atoms with E-state index < -0.39 is 0 Å². The van der Waals surface area contributed by atoms with Gasteiger partial charge in [0, 0.05) is 28.0 Å². The third-order valence-corrected chi connectivity index (χ3v) is 8.88. The molecule has 3 amide bonds. The number of para-hydroxylation sites is 1. The molecule has 0 spiro atoms. The van der Waals surface area contributed by atoms with Crippen LogP contribution >= 0.6 is 11.3 Å². The molecule has 6 heteroatoms. The smallest absolute Gasteiger partial charge is 0.322 e. The highest BCUT2D eigenvalue weighted by atomic mass is 32.1. The first-order chi connectivity index (χ1) is 19.2. The van der Waals surface area contributed by atoms with E-state index in [1.54, 1.807) is 11.3 Å². The van der Waals surface area contributed by atoms with Crippen LogP contribution in [-0.2, 0) is 17.9 Å². The minimum Gasteiger partial charge on any atom is -0.332 e. The number of aryl methyl sites for hydroxylation is 1. The molecule has 0 bridgehead atoms. The van der Waals surface area contributed by atoms with Gasteiger partial charge in [-0.25, -0.2) is 4.79 Å². The maximum atomic E-state index is 14.1. The second-order valence-electron chi connectivity index (χ2n) is 11.7. The molecule has 2 aromatic carbocycles. The standard InChI is InChI=1S/C34H45N3O2S/c1-24(2)30-17-12-18-31(25(3)4)33(30)35-34(39)37(28-15-10-7-11-16-28)23-32(38)36(21-27-13-8-6-9-14-27)22-29-20-19-26(5)40-29/h6,8-9,12-14,17-20,24-25,28H,7,10-11,15-16,21-23H2,1-5H3,(H,35,39). The zero-order valence-corrected chi connectivity index (χ0v) is 25.6. The molecule has 1 heterocycles. The Hall–Kier alpha value is -3.12. The predicted molar refractivity (Wildman–Crippen MR) is 167 cm³/mol. The van der Waals surface area contributed by atoms with Crippen LogP contribution in [0.15, 0.2) is 60.7 Å². The van der Waals surface area contributed by atoms with E-state index in [1.165, 1.54) is 11.3 Å². The average Bonchev–Trinajstić information content (AvgIpc) is 3.36. The van der Waals surface area contributed by atoms with E-state index >= 15 is 0 Å². The maximum absolute atomic E-state index is 14.1. The van der Waals surface area contributed by atoms with E-state index in [1.807, 2.05) is 28.0 Å². The summed E-state index contributed by atoms with van der Waals surface area (Å²) in [5, 5.41) is 3.30. The largest absolute Gasteiger partial charge is 0.332 e. The van der Waals surface area contributed by atoms with Gasteiger partial charge in [0.25, 0.3) is 0 Å². The van der Waals surface area contributed by atoms with Crippen LogP contribution in [-0.4, -0.2) is 34.3 Å². The van der Waals surface area contributed by atoms with Crippen molar-refractivity contribution in [2.24, 2.45) is 0 Å². The molecule has 3 aromatic rings. The molecule has 1 N–H and O–H groups in total. The molecule has 0 saturated heterocycles. The Morgan fingerprint density at radius 1 is 0.850 bits per heavy atom. The second kappa shape index (κ2) is 14.0. The van der Waals surface area contributed by atoms with Gasteiger partial charge in [-0.15, -0.1) is 11.3 Å². The fourth-order valence-electron chi connectivity index (χ4n) is 5.67. The minimum atomic E-state index is -0.165. The van der Waals surface area contributed by atoms with Crippen molar-refractivity contribution in [2.45, 2.75) is 97.7 Å². The fourth-order valence-corrected chi connectivity index (χ4v) is 6.58. The van der Waals surface area contributed by atoms with Gasteiger partial charge < -0.3 is 15.1 Å². The molecule has 1 saturated carbocycles.